The van der Waals surface area contributed by atoms with Crippen LogP contribution in [-0.2, 0) is 19.3 Å². The first kappa shape index (κ1) is 25.7. The fourth-order valence-electron chi connectivity index (χ4n) is 3.44. The van der Waals surface area contributed by atoms with Gasteiger partial charge in [-0.15, -0.1) is 29.8 Å². The van der Waals surface area contributed by atoms with E-state index in [2.05, 4.69) is 77.6 Å². The van der Waals surface area contributed by atoms with E-state index < -0.39 is 7.32 Å². The van der Waals surface area contributed by atoms with Crippen molar-refractivity contribution in [3.8, 4) is 0 Å². The summed E-state index contributed by atoms with van der Waals surface area (Å²) in [5.41, 5.74) is 3.10. The Morgan fingerprint density at radius 3 is 1.06 bits per heavy atom. The predicted octanol–water partition coefficient (Wildman–Crippen LogP) is 3.71. The molecule has 0 unspecified atom stereocenters. The molecule has 0 N–H and O–H groups in total. The van der Waals surface area contributed by atoms with Crippen LogP contribution in [0.25, 0.3) is 0 Å². The summed E-state index contributed by atoms with van der Waals surface area (Å²) in [5, 5.41) is 13.5. The zero-order valence-electron chi connectivity index (χ0n) is 22.1. The largest absolute Gasteiger partial charge is 0.929 e. The molecule has 0 aliphatic heterocycles. The third-order valence-corrected chi connectivity index (χ3v) is 4.58. The van der Waals surface area contributed by atoms with Gasteiger partial charge in [0.1, 0.15) is 0 Å². The molecule has 0 atom stereocenters. The molecule has 9 nitrogen and oxygen atoms in total. The minimum Gasteiger partial charge on any atom is -0.380 e. The van der Waals surface area contributed by atoms with Crippen molar-refractivity contribution < 1.29 is 14.3 Å². The Morgan fingerprint density at radius 1 is 0.559 bits per heavy atom. The highest BCUT2D eigenvalue weighted by Crippen LogP contribution is 2.20. The van der Waals surface area contributed by atoms with Gasteiger partial charge < -0.3 is 14.3 Å². The molecule has 0 saturated carbocycles. The van der Waals surface area contributed by atoms with Gasteiger partial charge in [-0.1, -0.05) is 62.3 Å². The van der Waals surface area contributed by atoms with Gasteiger partial charge in [-0.25, -0.2) is 0 Å². The lowest BCUT2D eigenvalue weighted by atomic mass is 9.91. The number of rotatable bonds is 9. The molecule has 34 heavy (non-hydrogen) atoms. The molecular formula is C24H39BN6O3. The number of hydrogen-bond acceptors (Lipinski definition) is 6. The van der Waals surface area contributed by atoms with Gasteiger partial charge in [0.15, 0.2) is 0 Å². The van der Waals surface area contributed by atoms with Crippen LogP contribution in [0.3, 0.4) is 0 Å². The van der Waals surface area contributed by atoms with E-state index in [-0.39, 0.29) is 16.2 Å². The van der Waals surface area contributed by atoms with Crippen LogP contribution >= 0.6 is 0 Å². The van der Waals surface area contributed by atoms with Gasteiger partial charge in [-0.2, -0.15) is 0 Å². The molecule has 0 spiro atoms. The van der Waals surface area contributed by atoms with Crippen LogP contribution in [0, 0.1) is 16.2 Å². The molecule has 0 amide bonds. The van der Waals surface area contributed by atoms with Gasteiger partial charge in [0.05, 0.1) is 35.7 Å². The van der Waals surface area contributed by atoms with E-state index in [1.807, 2.05) is 18.2 Å². The van der Waals surface area contributed by atoms with E-state index in [1.54, 1.807) is 18.6 Å². The molecule has 3 heterocycles. The summed E-state index contributed by atoms with van der Waals surface area (Å²) in [4.78, 5) is 4.06. The number of nitrogens with zero attached hydrogens (tertiary/aromatic N) is 6. The quantitative estimate of drug-likeness (QED) is 0.444. The van der Waals surface area contributed by atoms with Crippen LogP contribution in [0.15, 0.2) is 36.8 Å². The highest BCUT2D eigenvalue weighted by molar-refractivity contribution is 6.37. The van der Waals surface area contributed by atoms with Crippen molar-refractivity contribution >= 4 is 7.32 Å². The van der Waals surface area contributed by atoms with E-state index in [0.717, 1.165) is 36.3 Å². The Bertz CT molecular complexity index is 918. The van der Waals surface area contributed by atoms with E-state index in [1.165, 1.54) is 14.5 Å². The van der Waals surface area contributed by atoms with Crippen LogP contribution < -0.4 is 14.3 Å². The molecule has 0 bridgehead atoms. The minimum absolute atomic E-state index is 0.114. The van der Waals surface area contributed by atoms with E-state index >= 15 is 0 Å². The minimum atomic E-state index is -1.17. The van der Waals surface area contributed by atoms with Gasteiger partial charge in [0.25, 0.3) is 0 Å². The first-order valence-corrected chi connectivity index (χ1v) is 11.8. The summed E-state index contributed by atoms with van der Waals surface area (Å²) in [6.45, 7) is 19.5. The average molecular weight is 470 g/mol. The second-order valence-electron chi connectivity index (χ2n) is 12.4. The van der Waals surface area contributed by atoms with Gasteiger partial charge in [-0.05, 0) is 53.7 Å². The van der Waals surface area contributed by atoms with Crippen molar-refractivity contribution in [2.45, 2.75) is 81.6 Å². The lowest BCUT2D eigenvalue weighted by Gasteiger charge is -2.17. The molecule has 0 saturated heterocycles. The smallest absolute Gasteiger partial charge is 0.380 e. The molecular weight excluding hydrogens is 431 g/mol. The van der Waals surface area contributed by atoms with Crippen molar-refractivity contribution in [2.24, 2.45) is 16.2 Å². The predicted molar refractivity (Wildman–Crippen MR) is 132 cm³/mol. The lowest BCUT2D eigenvalue weighted by molar-refractivity contribution is 0.0391. The second-order valence-corrected chi connectivity index (χ2v) is 12.4. The summed E-state index contributed by atoms with van der Waals surface area (Å²) in [6, 6.07) is 5.77. The normalized spacial score (nSPS) is 12.6. The first-order chi connectivity index (χ1) is 15.6. The molecule has 10 heteroatoms. The zero-order chi connectivity index (χ0) is 25.1. The molecule has 3 aromatic rings. The maximum absolute atomic E-state index is 5.88. The Morgan fingerprint density at radius 2 is 0.824 bits per heavy atom. The fourth-order valence-corrected chi connectivity index (χ4v) is 3.44. The zero-order valence-corrected chi connectivity index (χ0v) is 22.1. The monoisotopic (exact) mass is 470 g/mol. The van der Waals surface area contributed by atoms with E-state index in [9.17, 15) is 0 Å². The van der Waals surface area contributed by atoms with Crippen LogP contribution in [0.2, 0.25) is 0 Å². The summed E-state index contributed by atoms with van der Waals surface area (Å²) in [6.07, 6.45) is 7.68. The molecule has 3 rings (SSSR count). The summed E-state index contributed by atoms with van der Waals surface area (Å²) >= 11 is 0. The van der Waals surface area contributed by atoms with Crippen LogP contribution in [0.5, 0.6) is 0 Å². The highest BCUT2D eigenvalue weighted by Gasteiger charge is 2.35. The maximum Gasteiger partial charge on any atom is 0.929 e. The third kappa shape index (κ3) is 8.80. The highest BCUT2D eigenvalue weighted by atomic mass is 16.9. The Balaban J connectivity index is 1.75. The Hall–Kier alpha value is -2.91. The molecule has 186 valence electrons. The van der Waals surface area contributed by atoms with Gasteiger partial charge in [-0.3, -0.25) is 0 Å². The van der Waals surface area contributed by atoms with Crippen LogP contribution in [0.4, 0.5) is 0 Å². The van der Waals surface area contributed by atoms with E-state index in [4.69, 9.17) is 14.3 Å². The molecule has 0 aliphatic carbocycles. The van der Waals surface area contributed by atoms with Gasteiger partial charge in [0.2, 0.25) is 0 Å². The summed E-state index contributed by atoms with van der Waals surface area (Å²) < 4.78 is 17.6. The first-order valence-electron chi connectivity index (χ1n) is 11.8. The number of hydrogen-bond donors (Lipinski definition) is 0. The second kappa shape index (κ2) is 9.76. The molecule has 0 radical (unpaired) electrons. The molecule has 0 aliphatic rings. The molecule has 0 aromatic carbocycles. The van der Waals surface area contributed by atoms with Crippen molar-refractivity contribution in [3.63, 3.8) is 0 Å². The van der Waals surface area contributed by atoms with Crippen LogP contribution in [-0.4, -0.2) is 37.2 Å². The topological polar surface area (TPSA) is 81.1 Å². The third-order valence-electron chi connectivity index (χ3n) is 4.58. The lowest BCUT2D eigenvalue weighted by Crippen LogP contribution is -2.49. The van der Waals surface area contributed by atoms with Crippen molar-refractivity contribution in [3.05, 3.63) is 53.9 Å². The SMILES string of the molecule is CC(C)(C)Cc1ccn(OB(On2ccc(CC(C)(C)C)n2)On2ccc(CC(C)(C)C)n2)n1. The Kier molecular flexibility index (Phi) is 7.38. The summed E-state index contributed by atoms with van der Waals surface area (Å²) in [5.74, 6) is 0. The standard InChI is InChI=1S/C24H39BN6O3/c1-22(2,3)16-19-10-13-29(26-19)32-25(33-30-14-11-20(27-30)17-23(4,5)6)34-31-15-12-21(28-31)18-24(7,8)9/h10-15H,16-18H2,1-9H3. The number of aromatic nitrogens is 6. The van der Waals surface area contributed by atoms with Crippen molar-refractivity contribution in [1.29, 1.82) is 0 Å². The van der Waals surface area contributed by atoms with Crippen LogP contribution in [0.1, 0.15) is 79.4 Å². The Labute approximate surface area is 203 Å². The van der Waals surface area contributed by atoms with Gasteiger partial charge >= 0.3 is 7.32 Å². The van der Waals surface area contributed by atoms with Crippen molar-refractivity contribution in [2.75, 3.05) is 0 Å². The fraction of sp³-hybridized carbons (Fsp3) is 0.625. The molecule has 3 aromatic heterocycles. The van der Waals surface area contributed by atoms with E-state index in [0.29, 0.717) is 0 Å². The maximum atomic E-state index is 5.88. The average Bonchev–Trinajstić information content (AvgIpc) is 3.34. The van der Waals surface area contributed by atoms with Gasteiger partial charge in [0, 0.05) is 0 Å². The van der Waals surface area contributed by atoms with Crippen molar-refractivity contribution in [1.82, 2.24) is 29.8 Å². The summed E-state index contributed by atoms with van der Waals surface area (Å²) in [7, 11) is -1.17. The molecule has 0 fully saturated rings.